The molecule has 144 valence electrons. The van der Waals surface area contributed by atoms with Crippen LogP contribution in [0.5, 0.6) is 5.75 Å². The third-order valence-electron chi connectivity index (χ3n) is 3.65. The fraction of sp³-hybridized carbons (Fsp3) is 0.150. The zero-order chi connectivity index (χ0) is 19.9. The summed E-state index contributed by atoms with van der Waals surface area (Å²) in [5.74, 6) is -0.203. The highest BCUT2D eigenvalue weighted by Crippen LogP contribution is 2.27. The molecule has 0 aliphatic carbocycles. The van der Waals surface area contributed by atoms with E-state index in [9.17, 15) is 9.90 Å². The molecule has 0 aliphatic heterocycles. The van der Waals surface area contributed by atoms with Crippen LogP contribution in [0.25, 0.3) is 6.08 Å². The summed E-state index contributed by atoms with van der Waals surface area (Å²) < 4.78 is 11.1. The van der Waals surface area contributed by atoms with E-state index in [2.05, 4.69) is 10.2 Å². The van der Waals surface area contributed by atoms with Crippen molar-refractivity contribution in [2.45, 2.75) is 25.2 Å². The number of carbonyl (C=O) groups excluding carboxylic acids is 1. The first-order valence-electron chi connectivity index (χ1n) is 8.44. The van der Waals surface area contributed by atoms with Gasteiger partial charge in [-0.1, -0.05) is 42.8 Å². The summed E-state index contributed by atoms with van der Waals surface area (Å²) in [6.07, 6.45) is 2.06. The Morgan fingerprint density at radius 2 is 1.89 bits per heavy atom. The van der Waals surface area contributed by atoms with E-state index < -0.39 is 5.97 Å². The van der Waals surface area contributed by atoms with Crippen LogP contribution >= 0.6 is 23.4 Å². The SMILES string of the molecule is CCc1nnc(S/C(=C\c2ccc(OCc3ccc(Cl)cc3)cc2)C(=O)[O-])o1. The van der Waals surface area contributed by atoms with Crippen molar-refractivity contribution in [2.75, 3.05) is 0 Å². The molecule has 1 heterocycles. The molecule has 8 heteroatoms. The smallest absolute Gasteiger partial charge is 0.281 e. The van der Waals surface area contributed by atoms with Crippen molar-refractivity contribution in [1.29, 1.82) is 0 Å². The summed E-state index contributed by atoms with van der Waals surface area (Å²) in [5, 5.41) is 19.9. The molecule has 28 heavy (non-hydrogen) atoms. The van der Waals surface area contributed by atoms with Gasteiger partial charge >= 0.3 is 0 Å². The van der Waals surface area contributed by atoms with Crippen LogP contribution in [0.15, 0.2) is 63.1 Å². The van der Waals surface area contributed by atoms with Crippen molar-refractivity contribution in [2.24, 2.45) is 0 Å². The third kappa shape index (κ3) is 5.61. The lowest BCUT2D eigenvalue weighted by Crippen LogP contribution is -2.23. The summed E-state index contributed by atoms with van der Waals surface area (Å²) in [4.78, 5) is 11.4. The van der Waals surface area contributed by atoms with Crippen molar-refractivity contribution in [3.63, 3.8) is 0 Å². The summed E-state index contributed by atoms with van der Waals surface area (Å²) in [6.45, 7) is 2.28. The van der Waals surface area contributed by atoms with Crippen LogP contribution in [0.1, 0.15) is 23.9 Å². The standard InChI is InChI=1S/C20H17ClN2O4S/c1-2-18-22-23-20(27-18)28-17(19(24)25)11-13-5-9-16(10-6-13)26-12-14-3-7-15(21)8-4-14/h3-11H,2,12H2,1H3,(H,24,25)/p-1/b17-11-. The van der Waals surface area contributed by atoms with E-state index in [0.717, 1.165) is 17.3 Å². The van der Waals surface area contributed by atoms with Gasteiger partial charge in [-0.3, -0.25) is 0 Å². The summed E-state index contributed by atoms with van der Waals surface area (Å²) in [6, 6.07) is 14.4. The Morgan fingerprint density at radius 3 is 2.50 bits per heavy atom. The lowest BCUT2D eigenvalue weighted by molar-refractivity contribution is -0.298. The van der Waals surface area contributed by atoms with E-state index in [1.807, 2.05) is 19.1 Å². The van der Waals surface area contributed by atoms with E-state index in [0.29, 0.717) is 35.3 Å². The molecule has 2 aromatic carbocycles. The molecular formula is C20H16ClN2O4S-. The first-order valence-corrected chi connectivity index (χ1v) is 9.63. The normalized spacial score (nSPS) is 11.4. The van der Waals surface area contributed by atoms with Gasteiger partial charge in [0.2, 0.25) is 5.89 Å². The first kappa shape index (κ1) is 20.0. The molecule has 0 saturated carbocycles. The molecule has 1 aromatic heterocycles. The molecule has 0 unspecified atom stereocenters. The van der Waals surface area contributed by atoms with Gasteiger partial charge in [0.05, 0.1) is 5.97 Å². The molecule has 0 aliphatic rings. The Morgan fingerprint density at radius 1 is 1.18 bits per heavy atom. The molecule has 3 rings (SSSR count). The molecule has 0 radical (unpaired) electrons. The molecule has 6 nitrogen and oxygen atoms in total. The molecule has 0 N–H and O–H groups in total. The van der Waals surface area contributed by atoms with Crippen molar-refractivity contribution in [3.05, 3.63) is 75.5 Å². The average Bonchev–Trinajstić information content (AvgIpc) is 3.16. The zero-order valence-corrected chi connectivity index (χ0v) is 16.5. The summed E-state index contributed by atoms with van der Waals surface area (Å²) in [7, 11) is 0. The van der Waals surface area contributed by atoms with Crippen LogP contribution in [-0.2, 0) is 17.8 Å². The van der Waals surface area contributed by atoms with Crippen LogP contribution in [0.2, 0.25) is 5.02 Å². The van der Waals surface area contributed by atoms with Gasteiger partial charge in [-0.25, -0.2) is 0 Å². The number of carbonyl (C=O) groups is 1. The fourth-order valence-electron chi connectivity index (χ4n) is 2.21. The van der Waals surface area contributed by atoms with Crippen molar-refractivity contribution < 1.29 is 19.1 Å². The Hall–Kier alpha value is -2.77. The second-order valence-corrected chi connectivity index (χ2v) is 7.13. The molecular weight excluding hydrogens is 400 g/mol. The van der Waals surface area contributed by atoms with Gasteiger partial charge in [-0.2, -0.15) is 0 Å². The number of nitrogens with zero attached hydrogens (tertiary/aromatic N) is 2. The molecule has 0 saturated heterocycles. The van der Waals surface area contributed by atoms with Crippen LogP contribution < -0.4 is 9.84 Å². The fourth-order valence-corrected chi connectivity index (χ4v) is 3.02. The number of hydrogen-bond acceptors (Lipinski definition) is 7. The van der Waals surface area contributed by atoms with Crippen molar-refractivity contribution >= 4 is 35.4 Å². The molecule has 3 aromatic rings. The van der Waals surface area contributed by atoms with Crippen LogP contribution in [-0.4, -0.2) is 16.2 Å². The maximum atomic E-state index is 11.4. The number of benzene rings is 2. The highest BCUT2D eigenvalue weighted by Gasteiger charge is 2.10. The summed E-state index contributed by atoms with van der Waals surface area (Å²) >= 11 is 6.72. The van der Waals surface area contributed by atoms with E-state index in [4.69, 9.17) is 20.8 Å². The highest BCUT2D eigenvalue weighted by atomic mass is 35.5. The van der Waals surface area contributed by atoms with Gasteiger partial charge in [-0.05, 0) is 53.2 Å². The van der Waals surface area contributed by atoms with Crippen LogP contribution in [0, 0.1) is 0 Å². The summed E-state index contributed by atoms with van der Waals surface area (Å²) in [5.41, 5.74) is 1.68. The van der Waals surface area contributed by atoms with Gasteiger partial charge in [0, 0.05) is 16.3 Å². The first-order chi connectivity index (χ1) is 13.5. The number of carboxylic acid groups (broad SMARTS) is 1. The number of aromatic nitrogens is 2. The Balaban J connectivity index is 1.66. The molecule has 0 fully saturated rings. The third-order valence-corrected chi connectivity index (χ3v) is 4.74. The van der Waals surface area contributed by atoms with E-state index in [1.54, 1.807) is 36.4 Å². The number of halogens is 1. The predicted molar refractivity (Wildman–Crippen MR) is 105 cm³/mol. The number of ether oxygens (including phenoxy) is 1. The van der Waals surface area contributed by atoms with Crippen LogP contribution in [0.3, 0.4) is 0 Å². The monoisotopic (exact) mass is 415 g/mol. The lowest BCUT2D eigenvalue weighted by Gasteiger charge is -2.08. The second-order valence-electron chi connectivity index (χ2n) is 5.70. The maximum Gasteiger partial charge on any atom is 0.281 e. The number of hydrogen-bond donors (Lipinski definition) is 0. The Bertz CT molecular complexity index is 969. The largest absolute Gasteiger partial charge is 0.544 e. The van der Waals surface area contributed by atoms with E-state index in [-0.39, 0.29) is 10.1 Å². The van der Waals surface area contributed by atoms with Gasteiger partial charge in [-0.15, -0.1) is 10.2 Å². The van der Waals surface area contributed by atoms with Gasteiger partial charge in [0.25, 0.3) is 5.22 Å². The molecule has 0 atom stereocenters. The predicted octanol–water partition coefficient (Wildman–Crippen LogP) is 3.75. The number of rotatable bonds is 8. The van der Waals surface area contributed by atoms with Crippen LogP contribution in [0.4, 0.5) is 0 Å². The van der Waals surface area contributed by atoms with E-state index >= 15 is 0 Å². The second kappa shape index (κ2) is 9.43. The number of carboxylic acids is 1. The zero-order valence-electron chi connectivity index (χ0n) is 14.9. The van der Waals surface area contributed by atoms with Gasteiger partial charge < -0.3 is 19.1 Å². The minimum absolute atomic E-state index is 0.0267. The van der Waals surface area contributed by atoms with Crippen molar-refractivity contribution in [3.8, 4) is 5.75 Å². The highest BCUT2D eigenvalue weighted by molar-refractivity contribution is 8.03. The topological polar surface area (TPSA) is 88.3 Å². The molecule has 0 spiro atoms. The van der Waals surface area contributed by atoms with Gasteiger partial charge in [0.15, 0.2) is 0 Å². The minimum atomic E-state index is -1.32. The van der Waals surface area contributed by atoms with Gasteiger partial charge in [0.1, 0.15) is 12.4 Å². The lowest BCUT2D eigenvalue weighted by atomic mass is 10.2. The number of aliphatic carboxylic acids is 1. The molecule has 0 bridgehead atoms. The Labute approximate surface area is 171 Å². The minimum Gasteiger partial charge on any atom is -0.544 e. The number of thioether (sulfide) groups is 1. The number of aryl methyl sites for hydroxylation is 1. The average molecular weight is 416 g/mol. The van der Waals surface area contributed by atoms with E-state index in [1.165, 1.54) is 6.08 Å². The Kier molecular flexibility index (Phi) is 6.73. The quantitative estimate of drug-likeness (QED) is 0.409. The maximum absolute atomic E-state index is 11.4. The molecule has 0 amide bonds. The van der Waals surface area contributed by atoms with Crippen molar-refractivity contribution in [1.82, 2.24) is 10.2 Å².